The van der Waals surface area contributed by atoms with E-state index in [-0.39, 0.29) is 30.4 Å². The second kappa shape index (κ2) is 7.23. The van der Waals surface area contributed by atoms with E-state index in [2.05, 4.69) is 21.3 Å². The van der Waals surface area contributed by atoms with Crippen LogP contribution in [-0.2, 0) is 0 Å². The van der Waals surface area contributed by atoms with E-state index in [4.69, 9.17) is 11.6 Å². The first-order valence-corrected chi connectivity index (χ1v) is 7.97. The highest BCUT2D eigenvalue weighted by Crippen LogP contribution is 2.37. The summed E-state index contributed by atoms with van der Waals surface area (Å²) in [7, 11) is 0. The van der Waals surface area contributed by atoms with Crippen LogP contribution in [0.15, 0.2) is 0 Å². The van der Waals surface area contributed by atoms with Gasteiger partial charge in [0, 0.05) is 12.1 Å². The van der Waals surface area contributed by atoms with Gasteiger partial charge in [0.25, 0.3) is 0 Å². The van der Waals surface area contributed by atoms with Crippen LogP contribution in [0.25, 0.3) is 0 Å². The van der Waals surface area contributed by atoms with Crippen molar-refractivity contribution in [1.82, 2.24) is 21.3 Å². The summed E-state index contributed by atoms with van der Waals surface area (Å²) in [6.45, 7) is 1.96. The summed E-state index contributed by atoms with van der Waals surface area (Å²) in [6, 6.07) is -0.457. The molecule has 3 unspecified atom stereocenters. The first-order chi connectivity index (χ1) is 10.2. The minimum Gasteiger partial charge on any atom is -0.335 e. The van der Waals surface area contributed by atoms with Crippen LogP contribution in [-0.4, -0.2) is 36.1 Å². The quantitative estimate of drug-likeness (QED) is 0.459. The van der Waals surface area contributed by atoms with E-state index in [0.29, 0.717) is 12.8 Å². The van der Waals surface area contributed by atoms with Crippen LogP contribution in [0.2, 0.25) is 0 Å². The van der Waals surface area contributed by atoms with Crippen molar-refractivity contribution in [3.05, 3.63) is 0 Å². The average molecular weight is 343 g/mol. The summed E-state index contributed by atoms with van der Waals surface area (Å²) in [6.07, 6.45) is -3.02. The normalized spacial score (nSPS) is 36.7. The van der Waals surface area contributed by atoms with Gasteiger partial charge in [-0.2, -0.15) is 13.2 Å². The summed E-state index contributed by atoms with van der Waals surface area (Å²) in [5.41, 5.74) is -0.233. The molecular formula is C13H22ClF3N4O. The van der Waals surface area contributed by atoms with Crippen LogP contribution < -0.4 is 21.3 Å². The van der Waals surface area contributed by atoms with Crippen molar-refractivity contribution in [2.75, 3.05) is 0 Å². The Morgan fingerprint density at radius 1 is 1.14 bits per heavy atom. The standard InChI is InChI=1S/C13H22ClF3N4O/c1-7-6-10(14)20-11(18-7)21-12(22)19-9-4-2-8(3-5-9)13(15,16)17/h7-11,18,20H,2-6H2,1H3,(H2,19,21,22). The van der Waals surface area contributed by atoms with Gasteiger partial charge in [0.1, 0.15) is 6.29 Å². The number of nitrogens with one attached hydrogen (secondary N) is 4. The van der Waals surface area contributed by atoms with Crippen molar-refractivity contribution in [3.63, 3.8) is 0 Å². The molecule has 0 bridgehead atoms. The maximum atomic E-state index is 12.6. The van der Waals surface area contributed by atoms with Gasteiger partial charge in [0.15, 0.2) is 0 Å². The van der Waals surface area contributed by atoms with Crippen LogP contribution in [0.4, 0.5) is 18.0 Å². The van der Waals surface area contributed by atoms with Crippen LogP contribution in [0.3, 0.4) is 0 Å². The molecule has 0 aromatic carbocycles. The monoisotopic (exact) mass is 342 g/mol. The third-order valence-electron chi connectivity index (χ3n) is 4.16. The fourth-order valence-electron chi connectivity index (χ4n) is 2.97. The molecule has 2 rings (SSSR count). The van der Waals surface area contributed by atoms with E-state index in [1.807, 2.05) is 6.92 Å². The van der Waals surface area contributed by atoms with Gasteiger partial charge >= 0.3 is 12.2 Å². The summed E-state index contributed by atoms with van der Waals surface area (Å²) in [5, 5.41) is 11.5. The summed E-state index contributed by atoms with van der Waals surface area (Å²) in [4.78, 5) is 11.9. The molecule has 9 heteroatoms. The smallest absolute Gasteiger partial charge is 0.335 e. The fraction of sp³-hybridized carbons (Fsp3) is 0.923. The van der Waals surface area contributed by atoms with E-state index in [9.17, 15) is 18.0 Å². The Morgan fingerprint density at radius 2 is 1.77 bits per heavy atom. The van der Waals surface area contributed by atoms with Crippen molar-refractivity contribution in [2.24, 2.45) is 5.92 Å². The topological polar surface area (TPSA) is 65.2 Å². The van der Waals surface area contributed by atoms with E-state index in [1.54, 1.807) is 0 Å². The van der Waals surface area contributed by atoms with Crippen LogP contribution in [0.5, 0.6) is 0 Å². The molecular weight excluding hydrogens is 321 g/mol. The number of carbonyl (C=O) groups is 1. The lowest BCUT2D eigenvalue weighted by molar-refractivity contribution is -0.182. The SMILES string of the molecule is CC1CC(Cl)NC(NC(=O)NC2CCC(C(F)(F)F)CC2)N1. The third kappa shape index (κ3) is 5.17. The molecule has 0 radical (unpaired) electrons. The van der Waals surface area contributed by atoms with Crippen molar-refractivity contribution >= 4 is 17.6 Å². The molecule has 2 fully saturated rings. The Balaban J connectivity index is 1.72. The number of urea groups is 1. The molecule has 3 atom stereocenters. The fourth-order valence-corrected chi connectivity index (χ4v) is 3.36. The molecule has 1 heterocycles. The summed E-state index contributed by atoms with van der Waals surface area (Å²) < 4.78 is 37.8. The number of amides is 2. The maximum absolute atomic E-state index is 12.6. The number of halogens is 4. The highest BCUT2D eigenvalue weighted by atomic mass is 35.5. The Morgan fingerprint density at radius 3 is 2.32 bits per heavy atom. The molecule has 1 saturated heterocycles. The number of hydrogen-bond acceptors (Lipinski definition) is 3. The second-order valence-electron chi connectivity index (χ2n) is 6.08. The number of hydrogen-bond donors (Lipinski definition) is 4. The lowest BCUT2D eigenvalue weighted by Gasteiger charge is -2.34. The number of carbonyl (C=O) groups excluding carboxylic acids is 1. The van der Waals surface area contributed by atoms with Crippen LogP contribution >= 0.6 is 11.6 Å². The van der Waals surface area contributed by atoms with E-state index < -0.39 is 24.4 Å². The van der Waals surface area contributed by atoms with Gasteiger partial charge in [-0.05, 0) is 39.0 Å². The lowest BCUT2D eigenvalue weighted by atomic mass is 9.86. The highest BCUT2D eigenvalue weighted by Gasteiger charge is 2.41. The van der Waals surface area contributed by atoms with E-state index in [1.165, 1.54) is 0 Å². The molecule has 2 amide bonds. The Kier molecular flexibility index (Phi) is 5.79. The predicted molar refractivity (Wildman–Crippen MR) is 77.2 cm³/mol. The van der Waals surface area contributed by atoms with E-state index >= 15 is 0 Å². The highest BCUT2D eigenvalue weighted by molar-refractivity contribution is 6.20. The average Bonchev–Trinajstić information content (AvgIpc) is 2.36. The van der Waals surface area contributed by atoms with Crippen molar-refractivity contribution in [3.8, 4) is 0 Å². The Bertz CT molecular complexity index is 378. The lowest BCUT2D eigenvalue weighted by Crippen LogP contribution is -2.65. The summed E-state index contributed by atoms with van der Waals surface area (Å²) in [5.74, 6) is -1.24. The third-order valence-corrected chi connectivity index (χ3v) is 4.46. The molecule has 0 aromatic heterocycles. The zero-order chi connectivity index (χ0) is 16.3. The zero-order valence-corrected chi connectivity index (χ0v) is 13.1. The van der Waals surface area contributed by atoms with Crippen LogP contribution in [0.1, 0.15) is 39.0 Å². The molecule has 1 saturated carbocycles. The molecule has 22 heavy (non-hydrogen) atoms. The summed E-state index contributed by atoms with van der Waals surface area (Å²) >= 11 is 6.01. The van der Waals surface area contributed by atoms with Crippen molar-refractivity contribution < 1.29 is 18.0 Å². The minimum atomic E-state index is -4.13. The van der Waals surface area contributed by atoms with Gasteiger partial charge in [0.2, 0.25) is 0 Å². The van der Waals surface area contributed by atoms with Crippen molar-refractivity contribution in [2.45, 2.75) is 69.1 Å². The molecule has 4 N–H and O–H groups in total. The molecule has 1 aliphatic carbocycles. The van der Waals surface area contributed by atoms with E-state index in [0.717, 1.165) is 6.42 Å². The second-order valence-corrected chi connectivity index (χ2v) is 6.61. The minimum absolute atomic E-state index is 0.0646. The molecule has 2 aliphatic rings. The molecule has 1 aliphatic heterocycles. The van der Waals surface area contributed by atoms with Gasteiger partial charge < -0.3 is 10.6 Å². The van der Waals surface area contributed by atoms with Gasteiger partial charge in [-0.1, -0.05) is 0 Å². The molecule has 0 aromatic rings. The van der Waals surface area contributed by atoms with Gasteiger partial charge in [-0.25, -0.2) is 4.79 Å². The molecule has 128 valence electrons. The Hall–Kier alpha value is -0.730. The molecule has 5 nitrogen and oxygen atoms in total. The van der Waals surface area contributed by atoms with Gasteiger partial charge in [-0.3, -0.25) is 10.6 Å². The van der Waals surface area contributed by atoms with Crippen molar-refractivity contribution in [1.29, 1.82) is 0 Å². The number of rotatable bonds is 2. The molecule has 0 spiro atoms. The van der Waals surface area contributed by atoms with Gasteiger partial charge in [0.05, 0.1) is 11.4 Å². The zero-order valence-electron chi connectivity index (χ0n) is 12.3. The number of alkyl halides is 4. The Labute approximate surface area is 132 Å². The maximum Gasteiger partial charge on any atom is 0.391 e. The van der Waals surface area contributed by atoms with Gasteiger partial charge in [-0.15, -0.1) is 11.6 Å². The largest absolute Gasteiger partial charge is 0.391 e. The predicted octanol–water partition coefficient (Wildman–Crippen LogP) is 2.23. The van der Waals surface area contributed by atoms with Crippen LogP contribution in [0, 0.1) is 5.92 Å². The first kappa shape index (κ1) is 17.6. The first-order valence-electron chi connectivity index (χ1n) is 7.54.